The second-order valence-corrected chi connectivity index (χ2v) is 12.1. The lowest BCUT2D eigenvalue weighted by Gasteiger charge is -2.58. The number of ketones is 2. The Bertz CT molecular complexity index is 810. The highest BCUT2D eigenvalue weighted by molar-refractivity contribution is 6.13. The number of carbonyl (C=O) groups is 3. The number of fused-ring (bicyclic) bond motifs is 6. The van der Waals surface area contributed by atoms with Crippen LogP contribution in [-0.2, 0) is 14.4 Å². The molecule has 0 saturated heterocycles. The molecule has 4 heteroatoms. The monoisotopic (exact) mass is 428 g/mol. The van der Waals surface area contributed by atoms with Crippen LogP contribution in [0.2, 0.25) is 0 Å². The van der Waals surface area contributed by atoms with E-state index in [1.807, 2.05) is 6.92 Å². The van der Waals surface area contributed by atoms with Gasteiger partial charge in [-0.15, -0.1) is 0 Å². The van der Waals surface area contributed by atoms with Crippen LogP contribution in [0.3, 0.4) is 0 Å². The summed E-state index contributed by atoms with van der Waals surface area (Å²) >= 11 is 0. The number of aliphatic carboxylic acids is 1. The van der Waals surface area contributed by atoms with Crippen molar-refractivity contribution in [2.24, 2.45) is 52.3 Å². The fraction of sp³-hybridized carbons (Fsp3) is 0.815. The Kier molecular flexibility index (Phi) is 5.75. The third-order valence-corrected chi connectivity index (χ3v) is 10.1. The van der Waals surface area contributed by atoms with E-state index in [1.54, 1.807) is 0 Å². The number of Topliss-reactive ketones (excluding diaryl/α,β-unsaturated/α-hetero) is 1. The van der Waals surface area contributed by atoms with Gasteiger partial charge in [-0.3, -0.25) is 9.59 Å². The maximum Gasteiger partial charge on any atom is 0.332 e. The molecule has 0 aromatic carbocycles. The molecule has 3 saturated carbocycles. The number of hydrogen-bond acceptors (Lipinski definition) is 3. The summed E-state index contributed by atoms with van der Waals surface area (Å²) < 4.78 is 0. The smallest absolute Gasteiger partial charge is 0.332 e. The molecule has 4 aliphatic rings. The highest BCUT2D eigenvalue weighted by atomic mass is 16.4. The number of carboxylic acid groups (broad SMARTS) is 1. The summed E-state index contributed by atoms with van der Waals surface area (Å²) in [5, 5.41) is 9.86. The zero-order valence-corrected chi connectivity index (χ0v) is 19.9. The van der Waals surface area contributed by atoms with Gasteiger partial charge in [0.05, 0.1) is 5.92 Å². The van der Waals surface area contributed by atoms with Crippen LogP contribution in [0.25, 0.3) is 0 Å². The maximum absolute atomic E-state index is 13.6. The van der Waals surface area contributed by atoms with Gasteiger partial charge in [0.15, 0.2) is 5.78 Å². The van der Waals surface area contributed by atoms with Crippen LogP contribution in [0.4, 0.5) is 0 Å². The molecule has 4 nitrogen and oxygen atoms in total. The van der Waals surface area contributed by atoms with Crippen molar-refractivity contribution in [1.82, 2.24) is 0 Å². The number of carboxylic acids is 1. The van der Waals surface area contributed by atoms with Crippen molar-refractivity contribution in [3.8, 4) is 0 Å². The summed E-state index contributed by atoms with van der Waals surface area (Å²) in [7, 11) is 0. The minimum Gasteiger partial charge on any atom is -0.478 e. The minimum absolute atomic E-state index is 0.0553. The Hall–Kier alpha value is -1.45. The van der Waals surface area contributed by atoms with Gasteiger partial charge in [0.25, 0.3) is 0 Å². The van der Waals surface area contributed by atoms with E-state index in [-0.39, 0.29) is 34.4 Å². The molecule has 1 unspecified atom stereocenters. The number of hydrogen-bond donors (Lipinski definition) is 1. The molecule has 31 heavy (non-hydrogen) atoms. The molecule has 2 bridgehead atoms. The second-order valence-electron chi connectivity index (χ2n) is 12.1. The van der Waals surface area contributed by atoms with E-state index in [0.717, 1.165) is 31.6 Å². The molecule has 0 heterocycles. The summed E-state index contributed by atoms with van der Waals surface area (Å²) in [5.41, 5.74) is -0.186. The van der Waals surface area contributed by atoms with E-state index >= 15 is 0 Å². The lowest BCUT2D eigenvalue weighted by Crippen LogP contribution is -2.59. The first-order valence-electron chi connectivity index (χ1n) is 12.5. The summed E-state index contributed by atoms with van der Waals surface area (Å²) in [6.45, 7) is 11.4. The van der Waals surface area contributed by atoms with Crippen molar-refractivity contribution in [2.75, 3.05) is 0 Å². The Labute approximate surface area is 187 Å². The predicted molar refractivity (Wildman–Crippen MR) is 120 cm³/mol. The topological polar surface area (TPSA) is 71.4 Å². The van der Waals surface area contributed by atoms with Gasteiger partial charge in [-0.2, -0.15) is 0 Å². The Morgan fingerprint density at radius 1 is 1.10 bits per heavy atom. The predicted octanol–water partition coefficient (Wildman–Crippen LogP) is 5.70. The fourth-order valence-corrected chi connectivity index (χ4v) is 8.45. The third kappa shape index (κ3) is 3.43. The van der Waals surface area contributed by atoms with E-state index in [1.165, 1.54) is 25.3 Å². The zero-order chi connectivity index (χ0) is 22.7. The van der Waals surface area contributed by atoms with Crippen molar-refractivity contribution in [3.63, 3.8) is 0 Å². The van der Waals surface area contributed by atoms with Gasteiger partial charge in [-0.05, 0) is 73.2 Å². The molecule has 172 valence electrons. The average Bonchev–Trinajstić information content (AvgIpc) is 3.04. The van der Waals surface area contributed by atoms with E-state index in [4.69, 9.17) is 0 Å². The Morgan fingerprint density at radius 2 is 1.81 bits per heavy atom. The zero-order valence-electron chi connectivity index (χ0n) is 19.9. The average molecular weight is 429 g/mol. The molecule has 0 radical (unpaired) electrons. The van der Waals surface area contributed by atoms with Gasteiger partial charge in [0.1, 0.15) is 5.78 Å². The Morgan fingerprint density at radius 3 is 2.45 bits per heavy atom. The first-order chi connectivity index (χ1) is 14.5. The molecule has 1 N–H and O–H groups in total. The van der Waals surface area contributed by atoms with E-state index < -0.39 is 17.3 Å². The van der Waals surface area contributed by atoms with Gasteiger partial charge in [0, 0.05) is 16.9 Å². The first kappa shape index (κ1) is 22.7. The summed E-state index contributed by atoms with van der Waals surface area (Å²) in [5.74, 6) is 0.441. The van der Waals surface area contributed by atoms with Crippen LogP contribution in [0, 0.1) is 52.3 Å². The molecule has 0 aliphatic heterocycles. The minimum atomic E-state index is -0.987. The second kappa shape index (κ2) is 7.85. The molecular formula is C27H40O4. The van der Waals surface area contributed by atoms with E-state index in [2.05, 4.69) is 27.7 Å². The molecular weight excluding hydrogens is 388 g/mol. The van der Waals surface area contributed by atoms with Gasteiger partial charge < -0.3 is 5.11 Å². The van der Waals surface area contributed by atoms with Crippen molar-refractivity contribution in [3.05, 3.63) is 11.6 Å². The highest BCUT2D eigenvalue weighted by Crippen LogP contribution is 2.67. The van der Waals surface area contributed by atoms with Crippen molar-refractivity contribution in [1.29, 1.82) is 0 Å². The SMILES string of the molecule is CC(C)CCC[C@@H](C)[C@H]1CC[C@H]2[C@@H]3C(=O)C4C[C@@](C)(C(C(=O)O)=CC4=O)[C@H]3CC[C@]12C. The maximum atomic E-state index is 13.6. The summed E-state index contributed by atoms with van der Waals surface area (Å²) in [4.78, 5) is 38.4. The standard InChI is InChI=1S/C27H40O4/c1-15(2)7-6-8-16(3)18-9-10-19-23-20(11-12-26(18,19)4)27(5)14-17(24(23)29)22(28)13-21(27)25(30)31/h13,15-20,23H,6-12,14H2,1-5H3,(H,30,31)/t16-,17?,18-,19+,20+,23+,26-,27-/m1/s1. The molecule has 8 atom stereocenters. The molecule has 0 amide bonds. The van der Waals surface area contributed by atoms with Crippen molar-refractivity contribution in [2.45, 2.75) is 86.0 Å². The number of allylic oxidation sites excluding steroid dienone is 1. The summed E-state index contributed by atoms with van der Waals surface area (Å²) in [6.07, 6.45) is 9.65. The molecule has 3 fully saturated rings. The van der Waals surface area contributed by atoms with Crippen LogP contribution >= 0.6 is 0 Å². The third-order valence-electron chi connectivity index (χ3n) is 10.1. The molecule has 0 spiro atoms. The van der Waals surface area contributed by atoms with Crippen LogP contribution in [-0.4, -0.2) is 22.6 Å². The first-order valence-corrected chi connectivity index (χ1v) is 12.5. The fourth-order valence-electron chi connectivity index (χ4n) is 8.45. The van der Waals surface area contributed by atoms with Crippen LogP contribution in [0.15, 0.2) is 11.6 Å². The normalized spacial score (nSPS) is 42.8. The van der Waals surface area contributed by atoms with E-state index in [0.29, 0.717) is 24.2 Å². The lowest BCUT2D eigenvalue weighted by atomic mass is 9.44. The lowest BCUT2D eigenvalue weighted by molar-refractivity contribution is -0.157. The number of carbonyl (C=O) groups excluding carboxylic acids is 2. The largest absolute Gasteiger partial charge is 0.478 e. The van der Waals surface area contributed by atoms with Crippen LogP contribution in [0.5, 0.6) is 0 Å². The number of rotatable bonds is 6. The van der Waals surface area contributed by atoms with E-state index in [9.17, 15) is 19.5 Å². The molecule has 0 aromatic heterocycles. The van der Waals surface area contributed by atoms with Gasteiger partial charge in [-0.25, -0.2) is 4.79 Å². The van der Waals surface area contributed by atoms with Gasteiger partial charge in [0.2, 0.25) is 0 Å². The summed E-state index contributed by atoms with van der Waals surface area (Å²) in [6, 6.07) is 0. The van der Waals surface area contributed by atoms with Gasteiger partial charge >= 0.3 is 5.97 Å². The van der Waals surface area contributed by atoms with Crippen LogP contribution in [0.1, 0.15) is 86.0 Å². The molecule has 0 aromatic rings. The highest BCUT2D eigenvalue weighted by Gasteiger charge is 2.65. The van der Waals surface area contributed by atoms with Crippen LogP contribution < -0.4 is 0 Å². The quantitative estimate of drug-likeness (QED) is 0.551. The molecule has 4 rings (SSSR count). The van der Waals surface area contributed by atoms with Crippen molar-refractivity contribution < 1.29 is 19.5 Å². The molecule has 4 aliphatic carbocycles. The van der Waals surface area contributed by atoms with Crippen molar-refractivity contribution >= 4 is 17.5 Å². The van der Waals surface area contributed by atoms with Gasteiger partial charge in [-0.1, -0.05) is 53.9 Å². The Balaban J connectivity index is 1.62.